The highest BCUT2D eigenvalue weighted by atomic mass is 127. The molecule has 2 N–H and O–H groups in total. The van der Waals surface area contributed by atoms with E-state index in [9.17, 15) is 4.79 Å². The number of nitrogens with one attached hydrogen (secondary N) is 2. The molecule has 2 aliphatic rings. The number of halogens is 1. The summed E-state index contributed by atoms with van der Waals surface area (Å²) in [7, 11) is 1.78. The fraction of sp³-hybridized carbons (Fsp3) is 0.619. The van der Waals surface area contributed by atoms with E-state index >= 15 is 0 Å². The van der Waals surface area contributed by atoms with Crippen LogP contribution < -0.4 is 15.5 Å². The van der Waals surface area contributed by atoms with Crippen molar-refractivity contribution < 1.29 is 9.53 Å². The third-order valence-corrected chi connectivity index (χ3v) is 5.06. The van der Waals surface area contributed by atoms with Crippen molar-refractivity contribution in [2.24, 2.45) is 10.9 Å². The van der Waals surface area contributed by atoms with Crippen molar-refractivity contribution in [1.82, 2.24) is 15.5 Å². The molecule has 3 rings (SSSR count). The molecule has 7 nitrogen and oxygen atoms in total. The second-order valence-electron chi connectivity index (χ2n) is 8.62. The zero-order valence-corrected chi connectivity index (χ0v) is 20.2. The topological polar surface area (TPSA) is 69.2 Å². The van der Waals surface area contributed by atoms with Crippen LogP contribution in [0.5, 0.6) is 0 Å². The molecule has 2 saturated heterocycles. The van der Waals surface area contributed by atoms with Gasteiger partial charge in [-0.25, -0.2) is 4.79 Å². The number of amides is 1. The summed E-state index contributed by atoms with van der Waals surface area (Å²) >= 11 is 0. The molecule has 0 bridgehead atoms. The van der Waals surface area contributed by atoms with E-state index in [4.69, 9.17) is 4.74 Å². The maximum Gasteiger partial charge on any atom is 0.410 e. The Kier molecular flexibility index (Phi) is 8.42. The zero-order valence-electron chi connectivity index (χ0n) is 17.9. The summed E-state index contributed by atoms with van der Waals surface area (Å²) in [4.78, 5) is 20.5. The first-order valence-corrected chi connectivity index (χ1v) is 10.1. The van der Waals surface area contributed by atoms with Crippen LogP contribution in [0.1, 0.15) is 27.2 Å². The van der Waals surface area contributed by atoms with Crippen LogP contribution in [0.4, 0.5) is 10.5 Å². The SMILES string of the molecule is CN=C(NCC1CCN(c2ccccc2)C1)NC1CN(C(=O)OC(C)(C)C)C1.I. The number of hydrogen-bond acceptors (Lipinski definition) is 4. The Hall–Kier alpha value is -1.71. The predicted molar refractivity (Wildman–Crippen MR) is 128 cm³/mol. The van der Waals surface area contributed by atoms with Crippen molar-refractivity contribution in [2.75, 3.05) is 44.7 Å². The Morgan fingerprint density at radius 2 is 1.90 bits per heavy atom. The highest BCUT2D eigenvalue weighted by molar-refractivity contribution is 14.0. The monoisotopic (exact) mass is 515 g/mol. The first kappa shape index (κ1) is 23.6. The van der Waals surface area contributed by atoms with E-state index in [-0.39, 0.29) is 36.1 Å². The number of likely N-dealkylation sites (tertiary alicyclic amines) is 1. The number of anilines is 1. The standard InChI is InChI=1S/C21H33N5O2.HI/c1-21(2,3)28-20(27)26-14-17(15-26)24-19(22-4)23-12-16-10-11-25(13-16)18-8-6-5-7-9-18;/h5-9,16-17H,10-15H2,1-4H3,(H2,22,23,24);1H. The van der Waals surface area contributed by atoms with Gasteiger partial charge in [0.1, 0.15) is 5.60 Å². The quantitative estimate of drug-likeness (QED) is 0.367. The normalized spacial score (nSPS) is 20.0. The number of nitrogens with zero attached hydrogens (tertiary/aromatic N) is 3. The van der Waals surface area contributed by atoms with E-state index in [1.165, 1.54) is 12.1 Å². The maximum absolute atomic E-state index is 12.0. The fourth-order valence-corrected chi connectivity index (χ4v) is 3.55. The summed E-state index contributed by atoms with van der Waals surface area (Å²) in [6.45, 7) is 9.98. The van der Waals surface area contributed by atoms with E-state index in [1.54, 1.807) is 11.9 Å². The molecule has 1 amide bonds. The molecular weight excluding hydrogens is 481 g/mol. The van der Waals surface area contributed by atoms with Crippen LogP contribution in [0, 0.1) is 5.92 Å². The van der Waals surface area contributed by atoms with Crippen LogP contribution in [0.15, 0.2) is 35.3 Å². The highest BCUT2D eigenvalue weighted by Gasteiger charge is 2.34. The van der Waals surface area contributed by atoms with E-state index in [0.29, 0.717) is 19.0 Å². The minimum atomic E-state index is -0.456. The Morgan fingerprint density at radius 1 is 1.21 bits per heavy atom. The van der Waals surface area contributed by atoms with Gasteiger partial charge in [-0.05, 0) is 45.2 Å². The maximum atomic E-state index is 12.0. The Balaban J connectivity index is 0.00000300. The first-order chi connectivity index (χ1) is 13.3. The van der Waals surface area contributed by atoms with E-state index in [0.717, 1.165) is 25.6 Å². The lowest BCUT2D eigenvalue weighted by molar-refractivity contribution is 0.00701. The lowest BCUT2D eigenvalue weighted by Gasteiger charge is -2.40. The second-order valence-corrected chi connectivity index (χ2v) is 8.62. The number of guanidine groups is 1. The highest BCUT2D eigenvalue weighted by Crippen LogP contribution is 2.23. The van der Waals surface area contributed by atoms with Crippen LogP contribution in [-0.2, 0) is 4.74 Å². The predicted octanol–water partition coefficient (Wildman–Crippen LogP) is 2.92. The second kappa shape index (κ2) is 10.4. The summed E-state index contributed by atoms with van der Waals surface area (Å²) in [5.41, 5.74) is 0.839. The molecule has 0 spiro atoms. The molecule has 8 heteroatoms. The molecule has 162 valence electrons. The minimum Gasteiger partial charge on any atom is -0.444 e. The molecule has 0 aromatic heterocycles. The van der Waals surface area contributed by atoms with Crippen molar-refractivity contribution in [1.29, 1.82) is 0 Å². The summed E-state index contributed by atoms with van der Waals surface area (Å²) in [5.74, 6) is 1.39. The molecular formula is C21H34IN5O2. The number of para-hydroxylation sites is 1. The minimum absolute atomic E-state index is 0. The van der Waals surface area contributed by atoms with E-state index in [2.05, 4.69) is 50.9 Å². The largest absolute Gasteiger partial charge is 0.444 e. The van der Waals surface area contributed by atoms with Crippen molar-refractivity contribution in [3.63, 3.8) is 0 Å². The third-order valence-electron chi connectivity index (χ3n) is 5.06. The lowest BCUT2D eigenvalue weighted by Crippen LogP contribution is -2.63. The molecule has 2 aliphatic heterocycles. The van der Waals surface area contributed by atoms with Crippen LogP contribution in [-0.4, -0.2) is 68.4 Å². The number of carbonyl (C=O) groups excluding carboxylic acids is 1. The molecule has 2 heterocycles. The van der Waals surface area contributed by atoms with Crippen molar-refractivity contribution in [2.45, 2.75) is 38.8 Å². The van der Waals surface area contributed by atoms with Crippen LogP contribution in [0.25, 0.3) is 0 Å². The van der Waals surface area contributed by atoms with Gasteiger partial charge in [0.05, 0.1) is 6.04 Å². The summed E-state index contributed by atoms with van der Waals surface area (Å²) in [5, 5.41) is 6.84. The van der Waals surface area contributed by atoms with Crippen molar-refractivity contribution in [3.8, 4) is 0 Å². The van der Waals surface area contributed by atoms with Gasteiger partial charge in [-0.1, -0.05) is 18.2 Å². The number of rotatable bonds is 4. The average molecular weight is 515 g/mol. The molecule has 1 aromatic rings. The first-order valence-electron chi connectivity index (χ1n) is 10.1. The van der Waals surface area contributed by atoms with Gasteiger partial charge in [0.15, 0.2) is 5.96 Å². The Morgan fingerprint density at radius 3 is 2.52 bits per heavy atom. The number of benzene rings is 1. The van der Waals surface area contributed by atoms with Gasteiger partial charge in [0, 0.05) is 45.5 Å². The van der Waals surface area contributed by atoms with Gasteiger partial charge in [-0.3, -0.25) is 4.99 Å². The number of aliphatic imine (C=N–C) groups is 1. The molecule has 0 radical (unpaired) electrons. The molecule has 2 fully saturated rings. The number of carbonyl (C=O) groups is 1. The van der Waals surface area contributed by atoms with Crippen LogP contribution >= 0.6 is 24.0 Å². The molecule has 0 saturated carbocycles. The van der Waals surface area contributed by atoms with Crippen LogP contribution in [0.2, 0.25) is 0 Å². The fourth-order valence-electron chi connectivity index (χ4n) is 3.55. The van der Waals surface area contributed by atoms with E-state index < -0.39 is 5.60 Å². The average Bonchev–Trinajstić information content (AvgIpc) is 3.08. The zero-order chi connectivity index (χ0) is 20.1. The van der Waals surface area contributed by atoms with Gasteiger partial charge in [0.25, 0.3) is 0 Å². The lowest BCUT2D eigenvalue weighted by atomic mass is 10.1. The Labute approximate surface area is 191 Å². The Bertz CT molecular complexity index is 686. The molecule has 29 heavy (non-hydrogen) atoms. The molecule has 1 atom stereocenters. The van der Waals surface area contributed by atoms with Crippen LogP contribution in [0.3, 0.4) is 0 Å². The van der Waals surface area contributed by atoms with Gasteiger partial charge in [-0.15, -0.1) is 24.0 Å². The van der Waals surface area contributed by atoms with E-state index in [1.807, 2.05) is 20.8 Å². The summed E-state index contributed by atoms with van der Waals surface area (Å²) < 4.78 is 5.39. The van der Waals surface area contributed by atoms with Crippen molar-refractivity contribution in [3.05, 3.63) is 30.3 Å². The van der Waals surface area contributed by atoms with Gasteiger partial charge >= 0.3 is 6.09 Å². The summed E-state index contributed by atoms with van der Waals surface area (Å²) in [6, 6.07) is 10.8. The number of hydrogen-bond donors (Lipinski definition) is 2. The van der Waals surface area contributed by atoms with Gasteiger partial charge in [-0.2, -0.15) is 0 Å². The smallest absolute Gasteiger partial charge is 0.410 e. The summed E-state index contributed by atoms with van der Waals surface area (Å²) in [6.07, 6.45) is 0.926. The van der Waals surface area contributed by atoms with Gasteiger partial charge < -0.3 is 25.2 Å². The third kappa shape index (κ3) is 6.94. The van der Waals surface area contributed by atoms with Gasteiger partial charge in [0.2, 0.25) is 0 Å². The molecule has 0 aliphatic carbocycles. The molecule has 1 aromatic carbocycles. The number of ether oxygens (including phenoxy) is 1. The van der Waals surface area contributed by atoms with Crippen molar-refractivity contribution >= 4 is 41.7 Å². The molecule has 1 unspecified atom stereocenters.